The Kier molecular flexibility index (Phi) is 3.92. The zero-order valence-electron chi connectivity index (χ0n) is 13.7. The van der Waals surface area contributed by atoms with E-state index in [9.17, 15) is 14.0 Å². The van der Waals surface area contributed by atoms with Gasteiger partial charge in [-0.15, -0.1) is 11.3 Å². The molecule has 1 amide bonds. The van der Waals surface area contributed by atoms with Gasteiger partial charge in [-0.05, 0) is 43.5 Å². The van der Waals surface area contributed by atoms with E-state index in [1.165, 1.54) is 23.5 Å². The number of thiophene rings is 1. The second-order valence-corrected chi connectivity index (χ2v) is 7.65. The molecule has 1 N–H and O–H groups in total. The Bertz CT molecular complexity index is 1020. The van der Waals surface area contributed by atoms with E-state index in [0.29, 0.717) is 17.5 Å². The van der Waals surface area contributed by atoms with Crippen LogP contribution in [-0.4, -0.2) is 16.5 Å². The third-order valence-electron chi connectivity index (χ3n) is 4.40. The van der Waals surface area contributed by atoms with Crippen molar-refractivity contribution in [1.29, 1.82) is 0 Å². The number of halogens is 1. The quantitative estimate of drug-likeness (QED) is 0.778. The van der Waals surface area contributed by atoms with Crippen LogP contribution in [-0.2, 0) is 6.54 Å². The van der Waals surface area contributed by atoms with Crippen LogP contribution in [0.25, 0.3) is 10.1 Å². The zero-order chi connectivity index (χ0) is 17.6. The van der Waals surface area contributed by atoms with Crippen LogP contribution >= 0.6 is 11.3 Å². The van der Waals surface area contributed by atoms with Gasteiger partial charge in [0.15, 0.2) is 0 Å². The summed E-state index contributed by atoms with van der Waals surface area (Å²) in [6, 6.07) is 8.18. The Labute approximate surface area is 147 Å². The molecule has 4 nitrogen and oxygen atoms in total. The second kappa shape index (κ2) is 6.11. The molecule has 0 aliphatic heterocycles. The monoisotopic (exact) mass is 356 g/mol. The Morgan fingerprint density at radius 3 is 2.68 bits per heavy atom. The van der Waals surface area contributed by atoms with Gasteiger partial charge in [0.05, 0.1) is 17.5 Å². The van der Waals surface area contributed by atoms with E-state index < -0.39 is 0 Å². The predicted octanol–water partition coefficient (Wildman–Crippen LogP) is 3.45. The number of amides is 1. The summed E-state index contributed by atoms with van der Waals surface area (Å²) >= 11 is 1.46. The highest BCUT2D eigenvalue weighted by molar-refractivity contribution is 7.19. The molecule has 2 heterocycles. The lowest BCUT2D eigenvalue weighted by atomic mass is 10.1. The highest BCUT2D eigenvalue weighted by Gasteiger charge is 2.27. The first-order chi connectivity index (χ1) is 12.0. The highest BCUT2D eigenvalue weighted by atomic mass is 32.1. The number of nitrogens with zero attached hydrogens (tertiary/aromatic N) is 1. The molecule has 4 rings (SSSR count). The smallest absolute Gasteiger partial charge is 0.260 e. The van der Waals surface area contributed by atoms with Gasteiger partial charge in [0.1, 0.15) is 5.82 Å². The number of aryl methyl sites for hydroxylation is 1. The largest absolute Gasteiger partial charge is 0.349 e. The topological polar surface area (TPSA) is 51.1 Å². The van der Waals surface area contributed by atoms with Crippen molar-refractivity contribution in [2.24, 2.45) is 0 Å². The molecule has 2 aromatic heterocycles. The lowest BCUT2D eigenvalue weighted by Crippen LogP contribution is -2.28. The molecule has 128 valence electrons. The van der Waals surface area contributed by atoms with E-state index in [0.717, 1.165) is 28.0 Å². The van der Waals surface area contributed by atoms with Crippen molar-refractivity contribution in [3.63, 3.8) is 0 Å². The third kappa shape index (κ3) is 3.09. The molecule has 6 heteroatoms. The second-order valence-electron chi connectivity index (χ2n) is 6.40. The first-order valence-corrected chi connectivity index (χ1v) is 9.02. The molecule has 25 heavy (non-hydrogen) atoms. The van der Waals surface area contributed by atoms with Crippen molar-refractivity contribution in [2.75, 3.05) is 0 Å². The van der Waals surface area contributed by atoms with Gasteiger partial charge in [0, 0.05) is 21.8 Å². The van der Waals surface area contributed by atoms with Crippen LogP contribution in [0.2, 0.25) is 0 Å². The van der Waals surface area contributed by atoms with E-state index in [1.54, 1.807) is 22.9 Å². The van der Waals surface area contributed by atoms with Gasteiger partial charge in [-0.2, -0.15) is 0 Å². The number of pyridine rings is 1. The van der Waals surface area contributed by atoms with E-state index in [1.807, 2.05) is 13.0 Å². The number of benzene rings is 1. The van der Waals surface area contributed by atoms with Gasteiger partial charge in [0.2, 0.25) is 0 Å². The summed E-state index contributed by atoms with van der Waals surface area (Å²) in [5.74, 6) is -0.470. The Morgan fingerprint density at radius 2 is 2.00 bits per heavy atom. The SMILES string of the molecule is Cc1sc2ccn(Cc3ccc(F)cc3)c(=O)c2c1C(=O)NC1CC1. The van der Waals surface area contributed by atoms with Crippen LogP contribution in [0.5, 0.6) is 0 Å². The first-order valence-electron chi connectivity index (χ1n) is 8.21. The van der Waals surface area contributed by atoms with E-state index in [4.69, 9.17) is 0 Å². The third-order valence-corrected chi connectivity index (χ3v) is 5.47. The van der Waals surface area contributed by atoms with Crippen molar-refractivity contribution in [2.45, 2.75) is 32.4 Å². The summed E-state index contributed by atoms with van der Waals surface area (Å²) in [5, 5.41) is 3.45. The zero-order valence-corrected chi connectivity index (χ0v) is 14.5. The molecule has 1 aromatic carbocycles. The number of fused-ring (bicyclic) bond motifs is 1. The predicted molar refractivity (Wildman–Crippen MR) is 96.8 cm³/mol. The van der Waals surface area contributed by atoms with Gasteiger partial charge in [-0.3, -0.25) is 9.59 Å². The van der Waals surface area contributed by atoms with E-state index in [2.05, 4.69) is 5.32 Å². The summed E-state index contributed by atoms with van der Waals surface area (Å²) in [4.78, 5) is 26.4. The summed E-state index contributed by atoms with van der Waals surface area (Å²) in [7, 11) is 0. The maximum absolute atomic E-state index is 13.1. The maximum atomic E-state index is 13.1. The first kappa shape index (κ1) is 16.0. The molecule has 0 spiro atoms. The number of nitrogens with one attached hydrogen (secondary N) is 1. The van der Waals surface area contributed by atoms with E-state index in [-0.39, 0.29) is 23.3 Å². The maximum Gasteiger partial charge on any atom is 0.260 e. The molecule has 1 saturated carbocycles. The fourth-order valence-electron chi connectivity index (χ4n) is 2.93. The molecule has 1 fully saturated rings. The summed E-state index contributed by atoms with van der Waals surface area (Å²) in [5.41, 5.74) is 1.14. The van der Waals surface area contributed by atoms with Gasteiger partial charge in [-0.25, -0.2) is 4.39 Å². The van der Waals surface area contributed by atoms with Crippen LogP contribution < -0.4 is 10.9 Å². The van der Waals surface area contributed by atoms with Crippen LogP contribution in [0.1, 0.15) is 33.6 Å². The molecule has 1 aliphatic rings. The minimum Gasteiger partial charge on any atom is -0.349 e. The minimum atomic E-state index is -0.306. The molecule has 0 unspecified atom stereocenters. The number of rotatable bonds is 4. The molecule has 0 radical (unpaired) electrons. The lowest BCUT2D eigenvalue weighted by molar-refractivity contribution is 0.0952. The molecule has 0 saturated heterocycles. The summed E-state index contributed by atoms with van der Waals surface area (Å²) < 4.78 is 15.4. The Hall–Kier alpha value is -2.47. The van der Waals surface area contributed by atoms with Crippen molar-refractivity contribution >= 4 is 27.3 Å². The Balaban J connectivity index is 1.76. The number of carbonyl (C=O) groups excluding carboxylic acids is 1. The molecule has 0 bridgehead atoms. The Morgan fingerprint density at radius 1 is 1.28 bits per heavy atom. The molecule has 0 atom stereocenters. The summed E-state index contributed by atoms with van der Waals surface area (Å²) in [6.45, 7) is 2.21. The number of hydrogen-bond acceptors (Lipinski definition) is 3. The highest BCUT2D eigenvalue weighted by Crippen LogP contribution is 2.29. The van der Waals surface area contributed by atoms with Crippen molar-refractivity contribution in [3.05, 3.63) is 68.7 Å². The van der Waals surface area contributed by atoms with E-state index >= 15 is 0 Å². The average molecular weight is 356 g/mol. The number of aromatic nitrogens is 1. The lowest BCUT2D eigenvalue weighted by Gasteiger charge is -2.08. The molecule has 1 aliphatic carbocycles. The minimum absolute atomic E-state index is 0.164. The van der Waals surface area contributed by atoms with Crippen molar-refractivity contribution in [3.8, 4) is 0 Å². The number of carbonyl (C=O) groups is 1. The fraction of sp³-hybridized carbons (Fsp3) is 0.263. The van der Waals surface area contributed by atoms with Crippen LogP contribution in [0.3, 0.4) is 0 Å². The molecule has 3 aromatic rings. The normalized spacial score (nSPS) is 14.0. The van der Waals surface area contributed by atoms with Crippen molar-refractivity contribution < 1.29 is 9.18 Å². The van der Waals surface area contributed by atoms with Gasteiger partial charge >= 0.3 is 0 Å². The molecular weight excluding hydrogens is 339 g/mol. The van der Waals surface area contributed by atoms with Gasteiger partial charge in [0.25, 0.3) is 11.5 Å². The van der Waals surface area contributed by atoms with Crippen LogP contribution in [0.4, 0.5) is 4.39 Å². The van der Waals surface area contributed by atoms with Crippen LogP contribution in [0.15, 0.2) is 41.3 Å². The molecular formula is C19H17FN2O2S. The average Bonchev–Trinajstić information content (AvgIpc) is 3.32. The summed E-state index contributed by atoms with van der Waals surface area (Å²) in [6.07, 6.45) is 3.73. The van der Waals surface area contributed by atoms with Crippen LogP contribution in [0, 0.1) is 12.7 Å². The van der Waals surface area contributed by atoms with Gasteiger partial charge < -0.3 is 9.88 Å². The van der Waals surface area contributed by atoms with Gasteiger partial charge in [-0.1, -0.05) is 12.1 Å². The standard InChI is InChI=1S/C19H17FN2O2S/c1-11-16(18(23)21-14-6-7-14)17-15(25-11)8-9-22(19(17)24)10-12-2-4-13(20)5-3-12/h2-5,8-9,14H,6-7,10H2,1H3,(H,21,23). The number of hydrogen-bond donors (Lipinski definition) is 1. The van der Waals surface area contributed by atoms with Crippen molar-refractivity contribution in [1.82, 2.24) is 9.88 Å². The fourth-order valence-corrected chi connectivity index (χ4v) is 3.98.